The lowest BCUT2D eigenvalue weighted by molar-refractivity contribution is 0.391. The summed E-state index contributed by atoms with van der Waals surface area (Å²) in [4.78, 5) is 4.29. The first-order valence-electron chi connectivity index (χ1n) is 5.19. The summed E-state index contributed by atoms with van der Waals surface area (Å²) in [5, 5.41) is 11.6. The highest BCUT2D eigenvalue weighted by atomic mass is 32.2. The van der Waals surface area contributed by atoms with Crippen molar-refractivity contribution in [1.82, 2.24) is 5.32 Å². The van der Waals surface area contributed by atoms with Crippen LogP contribution in [0.4, 0.5) is 0 Å². The fourth-order valence-corrected chi connectivity index (χ4v) is 1.68. The maximum absolute atomic E-state index is 8.54. The van der Waals surface area contributed by atoms with E-state index < -0.39 is 0 Å². The number of benzene rings is 1. The minimum absolute atomic E-state index is 0.442. The molecular formula is C12H15N3O2S. The largest absolute Gasteiger partial charge is 0.497 e. The number of methoxy groups -OCH3 is 2. The maximum Gasteiger partial charge on any atom is 0.183 e. The van der Waals surface area contributed by atoms with Crippen molar-refractivity contribution >= 4 is 16.9 Å². The Labute approximate surface area is 111 Å². The minimum Gasteiger partial charge on any atom is -0.497 e. The van der Waals surface area contributed by atoms with E-state index >= 15 is 0 Å². The van der Waals surface area contributed by atoms with Gasteiger partial charge in [0.05, 0.1) is 20.8 Å². The highest BCUT2D eigenvalue weighted by Gasteiger charge is 2.05. The molecule has 0 amide bonds. The number of ether oxygens (including phenoxy) is 2. The lowest BCUT2D eigenvalue weighted by Crippen LogP contribution is -2.13. The Hall–Kier alpha value is -1.87. The molecule has 5 nitrogen and oxygen atoms in total. The molecule has 1 aromatic carbocycles. The van der Waals surface area contributed by atoms with Crippen molar-refractivity contribution < 1.29 is 9.47 Å². The van der Waals surface area contributed by atoms with Crippen LogP contribution in [0.25, 0.3) is 0 Å². The first kappa shape index (κ1) is 14.2. The summed E-state index contributed by atoms with van der Waals surface area (Å²) in [6.07, 6.45) is 3.70. The average molecular weight is 265 g/mol. The molecule has 0 aromatic heterocycles. The van der Waals surface area contributed by atoms with Gasteiger partial charge in [0.1, 0.15) is 11.5 Å². The van der Waals surface area contributed by atoms with Crippen molar-refractivity contribution in [3.05, 3.63) is 23.8 Å². The zero-order valence-corrected chi connectivity index (χ0v) is 11.4. The first-order valence-corrected chi connectivity index (χ1v) is 6.42. The molecular weight excluding hydrogens is 250 g/mol. The molecule has 0 unspecified atom stereocenters. The van der Waals surface area contributed by atoms with Crippen LogP contribution in [0.3, 0.4) is 0 Å². The van der Waals surface area contributed by atoms with Crippen molar-refractivity contribution in [2.75, 3.05) is 20.5 Å². The van der Waals surface area contributed by atoms with Gasteiger partial charge in [-0.05, 0) is 18.4 Å². The predicted octanol–water partition coefficient (Wildman–Crippen LogP) is 1.99. The van der Waals surface area contributed by atoms with Crippen molar-refractivity contribution in [2.24, 2.45) is 4.99 Å². The Morgan fingerprint density at radius 2 is 2.22 bits per heavy atom. The normalized spacial score (nSPS) is 10.7. The van der Waals surface area contributed by atoms with E-state index in [1.807, 2.05) is 24.6 Å². The summed E-state index contributed by atoms with van der Waals surface area (Å²) >= 11 is 1.39. The summed E-state index contributed by atoms with van der Waals surface area (Å²) in [6, 6.07) is 5.55. The summed E-state index contributed by atoms with van der Waals surface area (Å²) in [5.41, 5.74) is 0.935. The number of hydrogen-bond donors (Lipinski definition) is 1. The van der Waals surface area contributed by atoms with E-state index in [1.54, 1.807) is 20.3 Å². The zero-order chi connectivity index (χ0) is 13.4. The summed E-state index contributed by atoms with van der Waals surface area (Å²) < 4.78 is 10.4. The van der Waals surface area contributed by atoms with Crippen LogP contribution in [0.1, 0.15) is 5.56 Å². The number of thioether (sulfide) groups is 1. The lowest BCUT2D eigenvalue weighted by Gasteiger charge is -2.09. The third kappa shape index (κ3) is 3.86. The van der Waals surface area contributed by atoms with Crippen molar-refractivity contribution in [2.45, 2.75) is 6.54 Å². The monoisotopic (exact) mass is 265 g/mol. The van der Waals surface area contributed by atoms with E-state index in [9.17, 15) is 0 Å². The number of rotatable bonds is 4. The van der Waals surface area contributed by atoms with E-state index in [-0.39, 0.29) is 0 Å². The smallest absolute Gasteiger partial charge is 0.183 e. The van der Waals surface area contributed by atoms with Crippen molar-refractivity contribution in [3.63, 3.8) is 0 Å². The summed E-state index contributed by atoms with van der Waals surface area (Å²) in [6.45, 7) is 0.442. The highest BCUT2D eigenvalue weighted by Crippen LogP contribution is 2.25. The summed E-state index contributed by atoms with van der Waals surface area (Å²) in [5.74, 6) is 1.45. The second-order valence-corrected chi connectivity index (χ2v) is 4.04. The molecule has 0 atom stereocenters. The molecule has 0 saturated heterocycles. The van der Waals surface area contributed by atoms with Gasteiger partial charge in [-0.25, -0.2) is 0 Å². The number of amidine groups is 1. The van der Waals surface area contributed by atoms with Crippen LogP contribution in [0.15, 0.2) is 23.2 Å². The van der Waals surface area contributed by atoms with Crippen molar-refractivity contribution in [3.8, 4) is 17.7 Å². The molecule has 0 fully saturated rings. The number of nitriles is 1. The van der Waals surface area contributed by atoms with Gasteiger partial charge in [-0.2, -0.15) is 5.26 Å². The van der Waals surface area contributed by atoms with Crippen LogP contribution in [0.2, 0.25) is 0 Å². The van der Waals surface area contributed by atoms with E-state index in [2.05, 4.69) is 10.3 Å². The molecule has 1 aromatic rings. The van der Waals surface area contributed by atoms with Gasteiger partial charge < -0.3 is 9.47 Å². The van der Waals surface area contributed by atoms with Crippen LogP contribution < -0.4 is 14.8 Å². The van der Waals surface area contributed by atoms with E-state index in [0.717, 1.165) is 17.1 Å². The topological polar surface area (TPSA) is 66.6 Å². The van der Waals surface area contributed by atoms with E-state index in [1.165, 1.54) is 11.8 Å². The van der Waals surface area contributed by atoms with Crippen LogP contribution >= 0.6 is 11.8 Å². The molecule has 0 saturated carbocycles. The van der Waals surface area contributed by atoms with Crippen LogP contribution in [0.5, 0.6) is 11.5 Å². The number of hydrogen-bond acceptors (Lipinski definition) is 5. The second kappa shape index (κ2) is 7.45. The van der Waals surface area contributed by atoms with Gasteiger partial charge in [-0.1, -0.05) is 11.8 Å². The van der Waals surface area contributed by atoms with Crippen LogP contribution in [-0.4, -0.2) is 25.6 Å². The Morgan fingerprint density at radius 1 is 1.44 bits per heavy atom. The van der Waals surface area contributed by atoms with Crippen molar-refractivity contribution in [1.29, 1.82) is 5.26 Å². The fraction of sp³-hybridized carbons (Fsp3) is 0.333. The lowest BCUT2D eigenvalue weighted by atomic mass is 10.2. The van der Waals surface area contributed by atoms with Gasteiger partial charge in [-0.15, -0.1) is 0 Å². The molecule has 0 bridgehead atoms. The van der Waals surface area contributed by atoms with E-state index in [4.69, 9.17) is 14.7 Å². The first-order chi connectivity index (χ1) is 8.74. The van der Waals surface area contributed by atoms with Crippen LogP contribution in [-0.2, 0) is 6.54 Å². The molecule has 0 aliphatic rings. The molecule has 0 heterocycles. The molecule has 0 aliphatic carbocycles. The van der Waals surface area contributed by atoms with Gasteiger partial charge in [-0.3, -0.25) is 10.3 Å². The minimum atomic E-state index is 0.442. The Balaban J connectivity index is 2.87. The van der Waals surface area contributed by atoms with Gasteiger partial charge in [0.15, 0.2) is 11.4 Å². The molecule has 0 aliphatic heterocycles. The number of aliphatic imine (C=N–C) groups is 1. The quantitative estimate of drug-likeness (QED) is 0.390. The SMILES string of the molecule is COc1ccc(CN=C(NC#N)SC)c(OC)c1. The zero-order valence-electron chi connectivity index (χ0n) is 10.6. The maximum atomic E-state index is 8.54. The predicted molar refractivity (Wildman–Crippen MR) is 72.9 cm³/mol. The second-order valence-electron chi connectivity index (χ2n) is 3.24. The Kier molecular flexibility index (Phi) is 5.88. The molecule has 0 radical (unpaired) electrons. The number of nitrogens with one attached hydrogen (secondary N) is 1. The van der Waals surface area contributed by atoms with Crippen LogP contribution in [0, 0.1) is 11.5 Å². The fourth-order valence-electron chi connectivity index (χ4n) is 1.34. The van der Waals surface area contributed by atoms with Gasteiger partial charge in [0.25, 0.3) is 0 Å². The Bertz CT molecular complexity index is 469. The molecule has 6 heteroatoms. The Morgan fingerprint density at radius 3 is 2.78 bits per heavy atom. The standard InChI is InChI=1S/C12H15N3O2S/c1-16-10-5-4-9(11(6-10)17-2)7-14-12(18-3)15-8-13/h4-6H,7H2,1-3H3,(H,14,15). The highest BCUT2D eigenvalue weighted by molar-refractivity contribution is 8.13. The third-order valence-corrected chi connectivity index (χ3v) is 2.86. The summed E-state index contributed by atoms with van der Waals surface area (Å²) in [7, 11) is 3.21. The van der Waals surface area contributed by atoms with Gasteiger partial charge in [0, 0.05) is 11.6 Å². The van der Waals surface area contributed by atoms with Gasteiger partial charge in [0.2, 0.25) is 0 Å². The number of nitrogens with zero attached hydrogens (tertiary/aromatic N) is 2. The van der Waals surface area contributed by atoms with E-state index in [0.29, 0.717) is 11.7 Å². The molecule has 0 spiro atoms. The molecule has 1 N–H and O–H groups in total. The molecule has 18 heavy (non-hydrogen) atoms. The van der Waals surface area contributed by atoms with Gasteiger partial charge >= 0.3 is 0 Å². The molecule has 96 valence electrons. The molecule has 1 rings (SSSR count). The average Bonchev–Trinajstić information content (AvgIpc) is 2.43. The third-order valence-electron chi connectivity index (χ3n) is 2.24.